The van der Waals surface area contributed by atoms with Crippen molar-refractivity contribution >= 4 is 70.7 Å². The molecule has 3 rings (SSSR count). The van der Waals surface area contributed by atoms with Gasteiger partial charge in [-0.25, -0.2) is 9.59 Å². The number of halogens is 3. The first-order chi connectivity index (χ1) is 17.6. The Labute approximate surface area is 247 Å². The predicted octanol–water partition coefficient (Wildman–Crippen LogP) is 7.27. The Kier molecular flexibility index (Phi) is 11.6. The monoisotopic (exact) mass is 680 g/mol. The molecule has 0 unspecified atom stereocenters. The fraction of sp³-hybridized carbons (Fsp3) is 0.462. The molecule has 2 aromatic carbocycles. The van der Waals surface area contributed by atoms with Gasteiger partial charge in [-0.1, -0.05) is 23.2 Å². The highest BCUT2D eigenvalue weighted by Crippen LogP contribution is 2.37. The van der Waals surface area contributed by atoms with Crippen LogP contribution in [0.15, 0.2) is 24.3 Å². The summed E-state index contributed by atoms with van der Waals surface area (Å²) in [5.41, 5.74) is 1.19. The van der Waals surface area contributed by atoms with Gasteiger partial charge in [-0.3, -0.25) is 0 Å². The van der Waals surface area contributed by atoms with Crippen molar-refractivity contribution in [1.29, 1.82) is 0 Å². The van der Waals surface area contributed by atoms with E-state index in [1.807, 2.05) is 34.6 Å². The van der Waals surface area contributed by atoms with Crippen molar-refractivity contribution in [2.24, 2.45) is 0 Å². The van der Waals surface area contributed by atoms with Crippen LogP contribution in [-0.2, 0) is 18.8 Å². The molecule has 208 valence electrons. The van der Waals surface area contributed by atoms with Gasteiger partial charge in [-0.05, 0) is 113 Å². The Morgan fingerprint density at radius 2 is 1.24 bits per heavy atom. The van der Waals surface area contributed by atoms with Gasteiger partial charge in [0, 0.05) is 14.1 Å². The van der Waals surface area contributed by atoms with Gasteiger partial charge in [0.15, 0.2) is 0 Å². The standard InChI is InChI=1S/C16H22BClO5.C10H10ClIO3/c1-7-20-14(19)21-13-9-11(12(18)8-10(13)2)17-22-15(3,4)16(5,6)23-17;1-3-14-10(13)15-9-5-8(12)7(11)4-6(9)2/h8-9H,7H2,1-6H3;4-5H,3H2,1-2H3. The molecule has 0 spiro atoms. The minimum absolute atomic E-state index is 0.246. The molecule has 8 nitrogen and oxygen atoms in total. The van der Waals surface area contributed by atoms with Crippen LogP contribution in [0.25, 0.3) is 0 Å². The second-order valence-electron chi connectivity index (χ2n) is 9.33. The molecule has 0 aliphatic carbocycles. The lowest BCUT2D eigenvalue weighted by atomic mass is 9.78. The van der Waals surface area contributed by atoms with Crippen LogP contribution >= 0.6 is 45.8 Å². The number of benzene rings is 2. The molecule has 0 saturated carbocycles. The number of carbonyl (C=O) groups excluding carboxylic acids is 2. The summed E-state index contributed by atoms with van der Waals surface area (Å²) in [6.07, 6.45) is -1.45. The van der Waals surface area contributed by atoms with Crippen LogP contribution in [0.5, 0.6) is 11.5 Å². The van der Waals surface area contributed by atoms with E-state index in [0.29, 0.717) is 33.6 Å². The van der Waals surface area contributed by atoms with E-state index < -0.39 is 30.6 Å². The minimum atomic E-state index is -0.752. The lowest BCUT2D eigenvalue weighted by Crippen LogP contribution is -2.41. The quantitative estimate of drug-likeness (QED) is 0.141. The van der Waals surface area contributed by atoms with Crippen molar-refractivity contribution in [2.75, 3.05) is 13.2 Å². The van der Waals surface area contributed by atoms with Crippen molar-refractivity contribution in [2.45, 2.75) is 66.6 Å². The van der Waals surface area contributed by atoms with Crippen molar-refractivity contribution in [3.8, 4) is 11.5 Å². The topological polar surface area (TPSA) is 89.5 Å². The molecule has 0 N–H and O–H groups in total. The van der Waals surface area contributed by atoms with Crippen LogP contribution in [-0.4, -0.2) is 43.8 Å². The highest BCUT2D eigenvalue weighted by molar-refractivity contribution is 14.1. The van der Waals surface area contributed by atoms with Crippen LogP contribution in [0, 0.1) is 17.4 Å². The molecule has 0 radical (unpaired) electrons. The third-order valence-electron chi connectivity index (χ3n) is 5.93. The van der Waals surface area contributed by atoms with Crippen molar-refractivity contribution in [3.63, 3.8) is 0 Å². The molecule has 2 aromatic rings. The van der Waals surface area contributed by atoms with Gasteiger partial charge in [0.25, 0.3) is 0 Å². The number of ether oxygens (including phenoxy) is 4. The summed E-state index contributed by atoms with van der Waals surface area (Å²) in [6, 6.07) is 6.83. The van der Waals surface area contributed by atoms with Crippen LogP contribution in [0.4, 0.5) is 9.59 Å². The molecule has 1 aliphatic rings. The normalized spacial score (nSPS) is 15.3. The molecule has 38 heavy (non-hydrogen) atoms. The van der Waals surface area contributed by atoms with Gasteiger partial charge < -0.3 is 28.3 Å². The fourth-order valence-corrected chi connectivity index (χ4v) is 4.11. The number of rotatable bonds is 5. The summed E-state index contributed by atoms with van der Waals surface area (Å²) in [5.74, 6) is 0.847. The maximum Gasteiger partial charge on any atom is 0.513 e. The van der Waals surface area contributed by atoms with E-state index in [0.717, 1.165) is 14.7 Å². The van der Waals surface area contributed by atoms with Crippen molar-refractivity contribution in [3.05, 3.63) is 49.0 Å². The van der Waals surface area contributed by atoms with E-state index in [1.54, 1.807) is 45.0 Å². The first kappa shape index (κ1) is 32.5. The summed E-state index contributed by atoms with van der Waals surface area (Å²) in [5, 5.41) is 1.14. The van der Waals surface area contributed by atoms with Gasteiger partial charge in [-0.2, -0.15) is 0 Å². The Hall–Kier alpha value is -1.73. The van der Waals surface area contributed by atoms with Crippen molar-refractivity contribution < 1.29 is 37.8 Å². The van der Waals surface area contributed by atoms with Gasteiger partial charge in [-0.15, -0.1) is 0 Å². The highest BCUT2D eigenvalue weighted by Gasteiger charge is 2.52. The Morgan fingerprint density at radius 1 is 0.816 bits per heavy atom. The predicted molar refractivity (Wildman–Crippen MR) is 156 cm³/mol. The average Bonchev–Trinajstić information content (AvgIpc) is 3.01. The molecule has 0 bridgehead atoms. The van der Waals surface area contributed by atoms with Gasteiger partial charge in [0.05, 0.1) is 29.4 Å². The van der Waals surface area contributed by atoms with E-state index in [1.165, 1.54) is 0 Å². The van der Waals surface area contributed by atoms with E-state index in [-0.39, 0.29) is 6.61 Å². The third kappa shape index (κ3) is 8.39. The summed E-state index contributed by atoms with van der Waals surface area (Å²) in [7, 11) is -0.627. The molecule has 12 heteroatoms. The molecular formula is C26H32BCl2IO8. The minimum Gasteiger partial charge on any atom is -0.434 e. The molecular weight excluding hydrogens is 649 g/mol. The van der Waals surface area contributed by atoms with E-state index >= 15 is 0 Å². The van der Waals surface area contributed by atoms with Crippen LogP contribution in [0.1, 0.15) is 52.7 Å². The molecule has 1 aliphatic heterocycles. The summed E-state index contributed by atoms with van der Waals surface area (Å²) < 4.78 is 32.5. The molecule has 0 aromatic heterocycles. The Bertz CT molecular complexity index is 1160. The van der Waals surface area contributed by atoms with Crippen LogP contribution < -0.4 is 14.9 Å². The van der Waals surface area contributed by atoms with E-state index in [2.05, 4.69) is 27.3 Å². The Balaban J connectivity index is 0.000000293. The highest BCUT2D eigenvalue weighted by atomic mass is 127. The lowest BCUT2D eigenvalue weighted by Gasteiger charge is -2.32. The maximum absolute atomic E-state index is 11.5. The van der Waals surface area contributed by atoms with E-state index in [4.69, 9.17) is 46.7 Å². The lowest BCUT2D eigenvalue weighted by molar-refractivity contribution is 0.00578. The molecule has 0 amide bonds. The smallest absolute Gasteiger partial charge is 0.434 e. The van der Waals surface area contributed by atoms with Gasteiger partial charge in [0.2, 0.25) is 0 Å². The fourth-order valence-electron chi connectivity index (χ4n) is 3.14. The van der Waals surface area contributed by atoms with Crippen LogP contribution in [0.3, 0.4) is 0 Å². The average molecular weight is 681 g/mol. The molecule has 1 saturated heterocycles. The second kappa shape index (κ2) is 13.6. The molecule has 0 atom stereocenters. The zero-order chi connectivity index (χ0) is 28.8. The van der Waals surface area contributed by atoms with E-state index in [9.17, 15) is 9.59 Å². The summed E-state index contributed by atoms with van der Waals surface area (Å²) in [6.45, 7) is 15.4. The van der Waals surface area contributed by atoms with Crippen LogP contribution in [0.2, 0.25) is 10.0 Å². The number of hydrogen-bond acceptors (Lipinski definition) is 8. The second-order valence-corrected chi connectivity index (χ2v) is 11.3. The largest absolute Gasteiger partial charge is 0.513 e. The first-order valence-corrected chi connectivity index (χ1v) is 13.8. The molecule has 1 fully saturated rings. The first-order valence-electron chi connectivity index (χ1n) is 11.9. The zero-order valence-electron chi connectivity index (χ0n) is 22.7. The Morgan fingerprint density at radius 3 is 1.68 bits per heavy atom. The van der Waals surface area contributed by atoms with Gasteiger partial charge in [0.1, 0.15) is 11.5 Å². The number of aryl methyl sites for hydroxylation is 2. The number of hydrogen-bond donors (Lipinski definition) is 0. The SMILES string of the molecule is CCOC(=O)Oc1cc(B2OC(C)(C)C(C)(C)O2)c(Cl)cc1C.CCOC(=O)Oc1cc(I)c(Cl)cc1C. The summed E-state index contributed by atoms with van der Waals surface area (Å²) in [4.78, 5) is 22.6. The zero-order valence-corrected chi connectivity index (χ0v) is 26.4. The third-order valence-corrected chi connectivity index (χ3v) is 7.78. The molecule has 1 heterocycles. The maximum atomic E-state index is 11.5. The number of carbonyl (C=O) groups is 2. The summed E-state index contributed by atoms with van der Waals surface area (Å²) >= 11 is 14.3. The van der Waals surface area contributed by atoms with Crippen molar-refractivity contribution in [1.82, 2.24) is 0 Å². The van der Waals surface area contributed by atoms with Gasteiger partial charge >= 0.3 is 19.4 Å².